The molecule has 1 aliphatic heterocycles. The zero-order chi connectivity index (χ0) is 19.3. The summed E-state index contributed by atoms with van der Waals surface area (Å²) >= 11 is 0. The Morgan fingerprint density at radius 1 is 1.35 bits per heavy atom. The van der Waals surface area contributed by atoms with E-state index in [2.05, 4.69) is 43.9 Å². The van der Waals surface area contributed by atoms with Gasteiger partial charge in [0.15, 0.2) is 8.32 Å². The van der Waals surface area contributed by atoms with E-state index < -0.39 is 8.32 Å². The van der Waals surface area contributed by atoms with E-state index in [1.165, 1.54) is 0 Å². The Morgan fingerprint density at radius 3 is 2.65 bits per heavy atom. The second-order valence-electron chi connectivity index (χ2n) is 8.66. The molecule has 0 saturated carbocycles. The van der Waals surface area contributed by atoms with Gasteiger partial charge in [-0.25, -0.2) is 0 Å². The number of nitro groups is 1. The lowest BCUT2D eigenvalue weighted by atomic mass is 10.2. The molecule has 1 aromatic heterocycles. The van der Waals surface area contributed by atoms with E-state index in [0.29, 0.717) is 12.2 Å². The molecule has 1 aromatic carbocycles. The maximum Gasteiger partial charge on any atom is 0.294 e. The van der Waals surface area contributed by atoms with Crippen molar-refractivity contribution < 1.29 is 9.35 Å². The minimum absolute atomic E-state index is 0.125. The first-order valence-electron chi connectivity index (χ1n) is 9.02. The lowest BCUT2D eigenvalue weighted by Gasteiger charge is -2.38. The predicted molar refractivity (Wildman–Crippen MR) is 106 cm³/mol. The van der Waals surface area contributed by atoms with Gasteiger partial charge in [0.05, 0.1) is 22.7 Å². The fourth-order valence-corrected chi connectivity index (χ4v) is 4.59. The summed E-state index contributed by atoms with van der Waals surface area (Å²) in [4.78, 5) is 13.4. The molecule has 7 nitrogen and oxygen atoms in total. The summed E-state index contributed by atoms with van der Waals surface area (Å²) in [5.74, 6) is 0. The average Bonchev–Trinajstić information content (AvgIpc) is 3.11. The molecular weight excluding hydrogens is 348 g/mol. The van der Waals surface area contributed by atoms with Gasteiger partial charge in [0.1, 0.15) is 5.69 Å². The standard InChI is InChI=1S/C18H28N4O3Si/c1-18(2,3)26(5,6)25-14-7-8-21(12-14)16-9-13-11-19-20(4)15(13)10-17(16)22(23)24/h9-11,14H,7-8,12H2,1-6H3. The first-order chi connectivity index (χ1) is 12.0. The number of hydrogen-bond acceptors (Lipinski definition) is 5. The Labute approximate surface area is 155 Å². The molecule has 2 aromatic rings. The third-order valence-corrected chi connectivity index (χ3v) is 10.3. The molecule has 0 aliphatic carbocycles. The smallest absolute Gasteiger partial charge is 0.294 e. The molecule has 0 amide bonds. The van der Waals surface area contributed by atoms with Gasteiger partial charge >= 0.3 is 0 Å². The van der Waals surface area contributed by atoms with Gasteiger partial charge in [-0.1, -0.05) is 20.8 Å². The quantitative estimate of drug-likeness (QED) is 0.457. The van der Waals surface area contributed by atoms with Crippen LogP contribution in [0, 0.1) is 10.1 Å². The highest BCUT2D eigenvalue weighted by Gasteiger charge is 2.41. The molecule has 26 heavy (non-hydrogen) atoms. The molecule has 8 heteroatoms. The Morgan fingerprint density at radius 2 is 2.04 bits per heavy atom. The monoisotopic (exact) mass is 376 g/mol. The Hall–Kier alpha value is -1.93. The second-order valence-corrected chi connectivity index (χ2v) is 13.4. The van der Waals surface area contributed by atoms with E-state index >= 15 is 0 Å². The Balaban J connectivity index is 1.86. The van der Waals surface area contributed by atoms with E-state index in [-0.39, 0.29) is 21.8 Å². The molecule has 1 saturated heterocycles. The molecule has 2 heterocycles. The van der Waals surface area contributed by atoms with Crippen LogP contribution in [0.1, 0.15) is 27.2 Å². The molecular formula is C18H28N4O3Si. The molecule has 1 aliphatic rings. The highest BCUT2D eigenvalue weighted by atomic mass is 28.4. The fourth-order valence-electron chi connectivity index (χ4n) is 3.21. The van der Waals surface area contributed by atoms with Crippen LogP contribution in [0.4, 0.5) is 11.4 Å². The van der Waals surface area contributed by atoms with Crippen LogP contribution >= 0.6 is 0 Å². The van der Waals surface area contributed by atoms with Crippen LogP contribution in [0.2, 0.25) is 18.1 Å². The maximum absolute atomic E-state index is 11.6. The van der Waals surface area contributed by atoms with Gasteiger partial charge in [-0.2, -0.15) is 5.10 Å². The molecule has 0 N–H and O–H groups in total. The van der Waals surface area contributed by atoms with Crippen LogP contribution in [0.3, 0.4) is 0 Å². The number of nitrogens with zero attached hydrogens (tertiary/aromatic N) is 4. The molecule has 3 rings (SSSR count). The van der Waals surface area contributed by atoms with E-state index in [1.54, 1.807) is 24.0 Å². The van der Waals surface area contributed by atoms with Crippen molar-refractivity contribution in [3.05, 3.63) is 28.4 Å². The number of rotatable bonds is 4. The zero-order valence-electron chi connectivity index (χ0n) is 16.4. The van der Waals surface area contributed by atoms with Gasteiger partial charge in [0.2, 0.25) is 0 Å². The lowest BCUT2D eigenvalue weighted by Crippen LogP contribution is -2.44. The highest BCUT2D eigenvalue weighted by molar-refractivity contribution is 6.74. The predicted octanol–water partition coefficient (Wildman–Crippen LogP) is 4.08. The fraction of sp³-hybridized carbons (Fsp3) is 0.611. The molecule has 0 radical (unpaired) electrons. The minimum Gasteiger partial charge on any atom is -0.412 e. The van der Waals surface area contributed by atoms with E-state index in [0.717, 1.165) is 23.9 Å². The van der Waals surface area contributed by atoms with Gasteiger partial charge in [0, 0.05) is 31.6 Å². The molecule has 0 bridgehead atoms. The summed E-state index contributed by atoms with van der Waals surface area (Å²) in [7, 11) is -0.0538. The first kappa shape index (κ1) is 18.8. The molecule has 1 atom stereocenters. The number of nitro benzene ring substituents is 1. The molecule has 1 fully saturated rings. The summed E-state index contributed by atoms with van der Waals surface area (Å²) in [6.07, 6.45) is 2.77. The van der Waals surface area contributed by atoms with Gasteiger partial charge in [-0.3, -0.25) is 14.8 Å². The largest absolute Gasteiger partial charge is 0.412 e. The molecule has 0 spiro atoms. The maximum atomic E-state index is 11.6. The lowest BCUT2D eigenvalue weighted by molar-refractivity contribution is -0.384. The van der Waals surface area contributed by atoms with Crippen LogP contribution in [-0.4, -0.2) is 42.2 Å². The van der Waals surface area contributed by atoms with Crippen LogP contribution < -0.4 is 4.90 Å². The summed E-state index contributed by atoms with van der Waals surface area (Å²) in [6.45, 7) is 12.7. The Kier molecular flexibility index (Phi) is 4.60. The van der Waals surface area contributed by atoms with Crippen LogP contribution in [0.25, 0.3) is 10.9 Å². The van der Waals surface area contributed by atoms with Gasteiger partial charge in [0.25, 0.3) is 5.69 Å². The summed E-state index contributed by atoms with van der Waals surface area (Å²) in [5.41, 5.74) is 1.57. The van der Waals surface area contributed by atoms with E-state index in [9.17, 15) is 10.1 Å². The number of benzene rings is 1. The van der Waals surface area contributed by atoms with Crippen molar-refractivity contribution in [2.45, 2.75) is 51.4 Å². The van der Waals surface area contributed by atoms with Crippen molar-refractivity contribution >= 4 is 30.6 Å². The topological polar surface area (TPSA) is 73.4 Å². The van der Waals surface area contributed by atoms with Crippen molar-refractivity contribution in [2.24, 2.45) is 7.05 Å². The number of aryl methyl sites for hydroxylation is 1. The van der Waals surface area contributed by atoms with Crippen molar-refractivity contribution in [3.63, 3.8) is 0 Å². The molecule has 142 valence electrons. The third-order valence-electron chi connectivity index (χ3n) is 5.79. The number of anilines is 1. The van der Waals surface area contributed by atoms with Gasteiger partial charge < -0.3 is 9.33 Å². The van der Waals surface area contributed by atoms with Crippen molar-refractivity contribution in [2.75, 3.05) is 18.0 Å². The number of fused-ring (bicyclic) bond motifs is 1. The van der Waals surface area contributed by atoms with Gasteiger partial charge in [-0.15, -0.1) is 0 Å². The first-order valence-corrected chi connectivity index (χ1v) is 11.9. The average molecular weight is 377 g/mol. The van der Waals surface area contributed by atoms with Crippen molar-refractivity contribution in [3.8, 4) is 0 Å². The zero-order valence-corrected chi connectivity index (χ0v) is 17.4. The minimum atomic E-state index is -1.85. The SMILES string of the molecule is Cn1ncc2cc(N3CCC(O[Si](C)(C)C(C)(C)C)C3)c([N+](=O)[O-])cc21. The van der Waals surface area contributed by atoms with Crippen molar-refractivity contribution in [1.82, 2.24) is 9.78 Å². The van der Waals surface area contributed by atoms with Crippen LogP contribution in [0.15, 0.2) is 18.3 Å². The highest BCUT2D eigenvalue weighted by Crippen LogP contribution is 2.40. The second kappa shape index (κ2) is 6.35. The molecule has 1 unspecified atom stereocenters. The number of aromatic nitrogens is 2. The third kappa shape index (κ3) is 3.35. The summed E-state index contributed by atoms with van der Waals surface area (Å²) < 4.78 is 8.18. The summed E-state index contributed by atoms with van der Waals surface area (Å²) in [6, 6.07) is 3.51. The van der Waals surface area contributed by atoms with E-state index in [4.69, 9.17) is 4.43 Å². The van der Waals surface area contributed by atoms with Crippen molar-refractivity contribution in [1.29, 1.82) is 0 Å². The number of hydrogen-bond donors (Lipinski definition) is 0. The summed E-state index contributed by atoms with van der Waals surface area (Å²) in [5, 5.41) is 16.9. The van der Waals surface area contributed by atoms with Gasteiger partial charge in [-0.05, 0) is 30.6 Å². The van der Waals surface area contributed by atoms with E-state index in [1.807, 2.05) is 6.07 Å². The van der Waals surface area contributed by atoms with Crippen LogP contribution in [-0.2, 0) is 11.5 Å². The Bertz CT molecular complexity index is 841. The van der Waals surface area contributed by atoms with Crippen LogP contribution in [0.5, 0.6) is 0 Å². The normalized spacial score (nSPS) is 18.7.